The van der Waals surface area contributed by atoms with Gasteiger partial charge in [-0.2, -0.15) is 0 Å². The lowest BCUT2D eigenvalue weighted by Gasteiger charge is -1.99. The van der Waals surface area contributed by atoms with Gasteiger partial charge in [-0.1, -0.05) is 0 Å². The average Bonchev–Trinajstić information content (AvgIpc) is 2.63. The van der Waals surface area contributed by atoms with E-state index in [0.717, 1.165) is 11.8 Å². The zero-order valence-corrected chi connectivity index (χ0v) is 9.60. The maximum atomic E-state index is 10.7. The average molecular weight is 252 g/mol. The molecule has 7 nitrogen and oxygen atoms in total. The van der Waals surface area contributed by atoms with Crippen LogP contribution in [-0.4, -0.2) is 15.1 Å². The van der Waals surface area contributed by atoms with Gasteiger partial charge in [0.05, 0.1) is 4.92 Å². The zero-order chi connectivity index (χ0) is 12.4. The van der Waals surface area contributed by atoms with Gasteiger partial charge in [-0.15, -0.1) is 10.2 Å². The summed E-state index contributed by atoms with van der Waals surface area (Å²) in [5, 5.41) is 18.4. The molecule has 2 rings (SSSR count). The molecule has 0 atom stereocenters. The second kappa shape index (κ2) is 4.42. The first-order chi connectivity index (χ1) is 8.04. The number of hydrogen-bond acceptors (Lipinski definition) is 7. The zero-order valence-electron chi connectivity index (χ0n) is 8.78. The maximum absolute atomic E-state index is 10.7. The highest BCUT2D eigenvalue weighted by Crippen LogP contribution is 2.31. The number of nitrogen functional groups attached to an aromatic ring is 1. The Morgan fingerprint density at radius 1 is 1.41 bits per heavy atom. The molecule has 0 amide bonds. The lowest BCUT2D eigenvalue weighted by atomic mass is 10.3. The monoisotopic (exact) mass is 252 g/mol. The van der Waals surface area contributed by atoms with E-state index in [-0.39, 0.29) is 5.69 Å². The minimum absolute atomic E-state index is 0.0660. The minimum atomic E-state index is -0.501. The van der Waals surface area contributed by atoms with Gasteiger partial charge in [-0.05, 0) is 17.8 Å². The maximum Gasteiger partial charge on any atom is 0.281 e. The molecule has 0 fully saturated rings. The second-order valence-electron chi connectivity index (χ2n) is 3.21. The van der Waals surface area contributed by atoms with Crippen molar-refractivity contribution >= 4 is 23.1 Å². The Kier molecular flexibility index (Phi) is 2.96. The fraction of sp³-hybridized carbons (Fsp3) is 0.111. The second-order valence-corrected chi connectivity index (χ2v) is 4.23. The van der Waals surface area contributed by atoms with E-state index < -0.39 is 4.92 Å². The summed E-state index contributed by atoms with van der Waals surface area (Å²) >= 11 is 1.13. The molecule has 0 saturated carbocycles. The predicted octanol–water partition coefficient (Wildman–Crippen LogP) is 2.02. The molecule has 0 aliphatic heterocycles. The lowest BCUT2D eigenvalue weighted by molar-refractivity contribution is -0.385. The summed E-state index contributed by atoms with van der Waals surface area (Å²) in [7, 11) is 0. The van der Waals surface area contributed by atoms with E-state index in [1.165, 1.54) is 12.1 Å². The number of benzene rings is 1. The molecule has 0 aliphatic rings. The molecule has 8 heteroatoms. The number of nitro groups is 1. The fourth-order valence-corrected chi connectivity index (χ4v) is 2.01. The molecule has 1 aromatic carbocycles. The van der Waals surface area contributed by atoms with Crippen LogP contribution in [0, 0.1) is 17.0 Å². The van der Waals surface area contributed by atoms with E-state index in [2.05, 4.69) is 10.2 Å². The summed E-state index contributed by atoms with van der Waals surface area (Å²) in [6.07, 6.45) is 0. The van der Waals surface area contributed by atoms with E-state index in [9.17, 15) is 10.1 Å². The van der Waals surface area contributed by atoms with Crippen molar-refractivity contribution in [3.05, 3.63) is 34.2 Å². The molecule has 0 unspecified atom stereocenters. The summed E-state index contributed by atoms with van der Waals surface area (Å²) < 4.78 is 5.16. The highest BCUT2D eigenvalue weighted by molar-refractivity contribution is 7.99. The van der Waals surface area contributed by atoms with Crippen molar-refractivity contribution in [1.82, 2.24) is 10.2 Å². The Morgan fingerprint density at radius 2 is 2.18 bits per heavy atom. The van der Waals surface area contributed by atoms with Crippen molar-refractivity contribution in [2.75, 3.05) is 5.73 Å². The van der Waals surface area contributed by atoms with E-state index >= 15 is 0 Å². The van der Waals surface area contributed by atoms with Crippen LogP contribution < -0.4 is 5.73 Å². The third-order valence-corrected chi connectivity index (χ3v) is 2.65. The fourth-order valence-electron chi connectivity index (χ4n) is 1.19. The largest absolute Gasteiger partial charge is 0.416 e. The standard InChI is InChI=1S/C9H8N4O3S/c1-5-11-12-9(16-5)17-8-3-6(10)2-7(4-8)13(14)15/h2-4H,10H2,1H3. The van der Waals surface area contributed by atoms with Crippen LogP contribution in [0.2, 0.25) is 0 Å². The lowest BCUT2D eigenvalue weighted by Crippen LogP contribution is -1.92. The number of aromatic nitrogens is 2. The Labute approximate surface area is 100 Å². The molecule has 0 spiro atoms. The number of nitrogens with zero attached hydrogens (tertiary/aromatic N) is 3. The van der Waals surface area contributed by atoms with Gasteiger partial charge in [0.25, 0.3) is 10.9 Å². The van der Waals surface area contributed by atoms with Crippen molar-refractivity contribution in [2.24, 2.45) is 0 Å². The molecule has 0 radical (unpaired) electrons. The molecular weight excluding hydrogens is 244 g/mol. The van der Waals surface area contributed by atoms with Crippen LogP contribution in [0.5, 0.6) is 0 Å². The molecule has 0 saturated heterocycles. The summed E-state index contributed by atoms with van der Waals surface area (Å²) in [6.45, 7) is 1.67. The summed E-state index contributed by atoms with van der Waals surface area (Å²) in [4.78, 5) is 10.7. The van der Waals surface area contributed by atoms with E-state index in [1.807, 2.05) is 0 Å². The van der Waals surface area contributed by atoms with Gasteiger partial charge in [0.2, 0.25) is 5.89 Å². The van der Waals surface area contributed by atoms with Crippen LogP contribution >= 0.6 is 11.8 Å². The molecule has 2 aromatic rings. The molecule has 2 N–H and O–H groups in total. The number of non-ortho nitro benzene ring substituents is 1. The first kappa shape index (κ1) is 11.4. The Balaban J connectivity index is 2.29. The van der Waals surface area contributed by atoms with Crippen LogP contribution in [0.15, 0.2) is 32.7 Å². The van der Waals surface area contributed by atoms with E-state index in [0.29, 0.717) is 21.7 Å². The van der Waals surface area contributed by atoms with E-state index in [4.69, 9.17) is 10.2 Å². The van der Waals surface area contributed by atoms with Gasteiger partial charge in [0.1, 0.15) is 0 Å². The van der Waals surface area contributed by atoms with Crippen LogP contribution in [0.3, 0.4) is 0 Å². The molecule has 88 valence electrons. The van der Waals surface area contributed by atoms with E-state index in [1.54, 1.807) is 13.0 Å². The smallest absolute Gasteiger partial charge is 0.281 e. The van der Waals surface area contributed by atoms with Crippen molar-refractivity contribution < 1.29 is 9.34 Å². The van der Waals surface area contributed by atoms with Crippen LogP contribution in [0.25, 0.3) is 0 Å². The Bertz CT molecular complexity index is 569. The third-order valence-electron chi connectivity index (χ3n) is 1.84. The highest BCUT2D eigenvalue weighted by atomic mass is 32.2. The quantitative estimate of drug-likeness (QED) is 0.505. The first-order valence-corrected chi connectivity index (χ1v) is 5.39. The van der Waals surface area contributed by atoms with Gasteiger partial charge in [-0.3, -0.25) is 10.1 Å². The normalized spacial score (nSPS) is 10.4. The molecule has 17 heavy (non-hydrogen) atoms. The summed E-state index contributed by atoms with van der Waals surface area (Å²) in [5.74, 6) is 0.436. The van der Waals surface area contributed by atoms with Gasteiger partial charge in [-0.25, -0.2) is 0 Å². The Morgan fingerprint density at radius 3 is 2.76 bits per heavy atom. The first-order valence-electron chi connectivity index (χ1n) is 4.57. The molecule has 0 aliphatic carbocycles. The van der Waals surface area contributed by atoms with Crippen molar-refractivity contribution in [3.63, 3.8) is 0 Å². The summed E-state index contributed by atoms with van der Waals surface area (Å²) in [5.41, 5.74) is 5.82. The number of aryl methyl sites for hydroxylation is 1. The van der Waals surface area contributed by atoms with Gasteiger partial charge in [0.15, 0.2) is 0 Å². The number of nitro benzene ring substituents is 1. The van der Waals surface area contributed by atoms with Crippen LogP contribution in [-0.2, 0) is 0 Å². The molecule has 0 bridgehead atoms. The minimum Gasteiger partial charge on any atom is -0.416 e. The third kappa shape index (κ3) is 2.72. The predicted molar refractivity (Wildman–Crippen MR) is 60.7 cm³/mol. The Hall–Kier alpha value is -2.09. The molecule has 1 aromatic heterocycles. The topological polar surface area (TPSA) is 108 Å². The van der Waals surface area contributed by atoms with Crippen molar-refractivity contribution in [2.45, 2.75) is 17.0 Å². The number of nitrogens with two attached hydrogens (primary N) is 1. The van der Waals surface area contributed by atoms with Gasteiger partial charge >= 0.3 is 0 Å². The van der Waals surface area contributed by atoms with Crippen LogP contribution in [0.1, 0.15) is 5.89 Å². The molecule has 1 heterocycles. The van der Waals surface area contributed by atoms with Gasteiger partial charge in [0, 0.05) is 29.6 Å². The van der Waals surface area contributed by atoms with Crippen molar-refractivity contribution in [1.29, 1.82) is 0 Å². The summed E-state index contributed by atoms with van der Waals surface area (Å²) in [6, 6.07) is 4.31. The van der Waals surface area contributed by atoms with Gasteiger partial charge < -0.3 is 10.2 Å². The number of anilines is 1. The van der Waals surface area contributed by atoms with Crippen LogP contribution in [0.4, 0.5) is 11.4 Å². The van der Waals surface area contributed by atoms with Crippen molar-refractivity contribution in [3.8, 4) is 0 Å². The molecular formula is C9H8N4O3S. The SMILES string of the molecule is Cc1nnc(Sc2cc(N)cc([N+](=O)[O-])c2)o1. The highest BCUT2D eigenvalue weighted by Gasteiger charge is 2.11. The number of hydrogen-bond donors (Lipinski definition) is 1. The number of rotatable bonds is 3.